The summed E-state index contributed by atoms with van der Waals surface area (Å²) in [4.78, 5) is 20.5. The lowest BCUT2D eigenvalue weighted by Crippen LogP contribution is -2.59. The van der Waals surface area contributed by atoms with Gasteiger partial charge in [0.2, 0.25) is 5.91 Å². The Morgan fingerprint density at radius 2 is 2.32 bits per heavy atom. The molecule has 2 atom stereocenters. The Bertz CT molecular complexity index is 424. The molecule has 0 spiro atoms. The third-order valence-corrected chi connectivity index (χ3v) is 3.66. The van der Waals surface area contributed by atoms with Crippen molar-refractivity contribution in [3.63, 3.8) is 0 Å². The second-order valence-corrected chi connectivity index (χ2v) is 5.14. The lowest BCUT2D eigenvalue weighted by molar-refractivity contribution is -0.146. The molecule has 5 heteroatoms. The number of nitrogens with zero attached hydrogens (tertiary/aromatic N) is 3. The minimum Gasteiger partial charge on any atom is -0.396 e. The van der Waals surface area contributed by atoms with Crippen LogP contribution < -0.4 is 0 Å². The second kappa shape index (κ2) is 6.12. The summed E-state index contributed by atoms with van der Waals surface area (Å²) in [6.07, 6.45) is 4.01. The quantitative estimate of drug-likeness (QED) is 0.859. The molecule has 0 saturated carbocycles. The molecule has 1 saturated heterocycles. The highest BCUT2D eigenvalue weighted by Crippen LogP contribution is 2.19. The number of pyridine rings is 1. The zero-order valence-electron chi connectivity index (χ0n) is 11.5. The SMILES string of the molecule is CC1CN(C)C(CCO)C(=O)N1Cc1cccnc1. The summed E-state index contributed by atoms with van der Waals surface area (Å²) in [5.74, 6) is 0.0964. The van der Waals surface area contributed by atoms with Crippen molar-refractivity contribution >= 4 is 5.91 Å². The van der Waals surface area contributed by atoms with E-state index in [1.54, 1.807) is 12.4 Å². The van der Waals surface area contributed by atoms with Crippen molar-refractivity contribution in [1.29, 1.82) is 0 Å². The number of likely N-dealkylation sites (N-methyl/N-ethyl adjacent to an activating group) is 1. The third-order valence-electron chi connectivity index (χ3n) is 3.66. The molecule has 1 aliphatic rings. The maximum absolute atomic E-state index is 12.5. The fourth-order valence-electron chi connectivity index (χ4n) is 2.63. The van der Waals surface area contributed by atoms with E-state index in [2.05, 4.69) is 11.9 Å². The molecule has 1 amide bonds. The van der Waals surface area contributed by atoms with Gasteiger partial charge in [-0.05, 0) is 32.0 Å². The molecule has 1 fully saturated rings. The van der Waals surface area contributed by atoms with Gasteiger partial charge in [-0.3, -0.25) is 14.7 Å². The molecular formula is C14H21N3O2. The number of carbonyl (C=O) groups is 1. The normalized spacial score (nSPS) is 24.8. The predicted molar refractivity (Wildman–Crippen MR) is 72.4 cm³/mol. The van der Waals surface area contributed by atoms with Gasteiger partial charge in [-0.1, -0.05) is 6.07 Å². The van der Waals surface area contributed by atoms with Crippen molar-refractivity contribution in [2.45, 2.75) is 32.0 Å². The molecule has 2 unspecified atom stereocenters. The summed E-state index contributed by atoms with van der Waals surface area (Å²) in [7, 11) is 1.94. The Morgan fingerprint density at radius 3 is 2.95 bits per heavy atom. The lowest BCUT2D eigenvalue weighted by Gasteiger charge is -2.43. The molecule has 1 aliphatic heterocycles. The van der Waals surface area contributed by atoms with E-state index in [0.717, 1.165) is 12.1 Å². The smallest absolute Gasteiger partial charge is 0.240 e. The number of piperazine rings is 1. The monoisotopic (exact) mass is 263 g/mol. The van der Waals surface area contributed by atoms with E-state index in [1.165, 1.54) is 0 Å². The van der Waals surface area contributed by atoms with Gasteiger partial charge in [-0.15, -0.1) is 0 Å². The summed E-state index contributed by atoms with van der Waals surface area (Å²) in [5, 5.41) is 9.09. The number of aliphatic hydroxyl groups excluding tert-OH is 1. The van der Waals surface area contributed by atoms with Gasteiger partial charge in [-0.25, -0.2) is 0 Å². The van der Waals surface area contributed by atoms with Crippen LogP contribution in [0.4, 0.5) is 0 Å². The van der Waals surface area contributed by atoms with Crippen LogP contribution in [0.25, 0.3) is 0 Å². The van der Waals surface area contributed by atoms with Crippen LogP contribution in [0.1, 0.15) is 18.9 Å². The second-order valence-electron chi connectivity index (χ2n) is 5.14. The van der Waals surface area contributed by atoms with Crippen LogP contribution in [0.15, 0.2) is 24.5 Å². The standard InChI is InChI=1S/C14H21N3O2/c1-11-9-16(2)13(5-7-18)14(19)17(11)10-12-4-3-6-15-8-12/h3-4,6,8,11,13,18H,5,7,9-10H2,1-2H3. The van der Waals surface area contributed by atoms with Gasteiger partial charge in [-0.2, -0.15) is 0 Å². The van der Waals surface area contributed by atoms with Crippen molar-refractivity contribution in [1.82, 2.24) is 14.8 Å². The number of hydrogen-bond acceptors (Lipinski definition) is 4. The number of aliphatic hydroxyl groups is 1. The predicted octanol–water partition coefficient (Wildman–Crippen LogP) is 0.495. The van der Waals surface area contributed by atoms with E-state index in [0.29, 0.717) is 13.0 Å². The van der Waals surface area contributed by atoms with E-state index < -0.39 is 0 Å². The topological polar surface area (TPSA) is 56.7 Å². The Labute approximate surface area is 113 Å². The van der Waals surface area contributed by atoms with Gasteiger partial charge in [0.05, 0.1) is 6.04 Å². The van der Waals surface area contributed by atoms with Gasteiger partial charge < -0.3 is 10.0 Å². The minimum atomic E-state index is -0.210. The first-order valence-corrected chi connectivity index (χ1v) is 6.64. The largest absolute Gasteiger partial charge is 0.396 e. The molecule has 2 rings (SSSR count). The summed E-state index contributed by atoms with van der Waals surface area (Å²) >= 11 is 0. The summed E-state index contributed by atoms with van der Waals surface area (Å²) in [6.45, 7) is 3.51. The fourth-order valence-corrected chi connectivity index (χ4v) is 2.63. The Balaban J connectivity index is 2.12. The van der Waals surface area contributed by atoms with Gasteiger partial charge in [0.25, 0.3) is 0 Å². The molecule has 0 aromatic carbocycles. The van der Waals surface area contributed by atoms with Crippen molar-refractivity contribution in [3.8, 4) is 0 Å². The molecule has 2 heterocycles. The number of rotatable bonds is 4. The zero-order valence-corrected chi connectivity index (χ0v) is 11.5. The zero-order chi connectivity index (χ0) is 13.8. The van der Waals surface area contributed by atoms with E-state index in [9.17, 15) is 4.79 Å². The molecule has 1 N–H and O–H groups in total. The maximum atomic E-state index is 12.5. The van der Waals surface area contributed by atoms with Gasteiger partial charge in [0, 0.05) is 38.1 Å². The van der Waals surface area contributed by atoms with Crippen molar-refractivity contribution < 1.29 is 9.90 Å². The molecule has 0 aliphatic carbocycles. The van der Waals surface area contributed by atoms with Crippen molar-refractivity contribution in [3.05, 3.63) is 30.1 Å². The van der Waals surface area contributed by atoms with Gasteiger partial charge in [0.15, 0.2) is 0 Å². The Hall–Kier alpha value is -1.46. The van der Waals surface area contributed by atoms with E-state index in [4.69, 9.17) is 5.11 Å². The first-order valence-electron chi connectivity index (χ1n) is 6.64. The van der Waals surface area contributed by atoms with Crippen LogP contribution >= 0.6 is 0 Å². The highest BCUT2D eigenvalue weighted by Gasteiger charge is 2.36. The summed E-state index contributed by atoms with van der Waals surface area (Å²) < 4.78 is 0. The van der Waals surface area contributed by atoms with Crippen molar-refractivity contribution in [2.24, 2.45) is 0 Å². The molecule has 0 bridgehead atoms. The van der Waals surface area contributed by atoms with Crippen LogP contribution in [0.3, 0.4) is 0 Å². The van der Waals surface area contributed by atoms with Crippen LogP contribution in [0.2, 0.25) is 0 Å². The summed E-state index contributed by atoms with van der Waals surface area (Å²) in [5.41, 5.74) is 1.04. The summed E-state index contributed by atoms with van der Waals surface area (Å²) in [6, 6.07) is 3.82. The van der Waals surface area contributed by atoms with Crippen LogP contribution in [0, 0.1) is 0 Å². The molecule has 104 valence electrons. The molecule has 1 aromatic heterocycles. The lowest BCUT2D eigenvalue weighted by atomic mass is 10.0. The molecule has 1 aromatic rings. The molecule has 19 heavy (non-hydrogen) atoms. The van der Waals surface area contributed by atoms with Gasteiger partial charge in [0.1, 0.15) is 0 Å². The molecule has 0 radical (unpaired) electrons. The number of carbonyl (C=O) groups excluding carboxylic acids is 1. The number of hydrogen-bond donors (Lipinski definition) is 1. The Kier molecular flexibility index (Phi) is 4.50. The highest BCUT2D eigenvalue weighted by atomic mass is 16.3. The van der Waals surface area contributed by atoms with E-state index >= 15 is 0 Å². The first-order chi connectivity index (χ1) is 9.13. The molecule has 5 nitrogen and oxygen atoms in total. The first kappa shape index (κ1) is 14.0. The average molecular weight is 263 g/mol. The average Bonchev–Trinajstić information content (AvgIpc) is 2.41. The molecular weight excluding hydrogens is 242 g/mol. The number of amides is 1. The number of aromatic nitrogens is 1. The highest BCUT2D eigenvalue weighted by molar-refractivity contribution is 5.83. The van der Waals surface area contributed by atoms with Crippen LogP contribution in [-0.2, 0) is 11.3 Å². The minimum absolute atomic E-state index is 0.0376. The van der Waals surface area contributed by atoms with Crippen LogP contribution in [0.5, 0.6) is 0 Å². The van der Waals surface area contributed by atoms with E-state index in [1.807, 2.05) is 29.0 Å². The van der Waals surface area contributed by atoms with E-state index in [-0.39, 0.29) is 24.6 Å². The van der Waals surface area contributed by atoms with Gasteiger partial charge >= 0.3 is 0 Å². The van der Waals surface area contributed by atoms with Crippen LogP contribution in [-0.4, -0.2) is 58.1 Å². The fraction of sp³-hybridized carbons (Fsp3) is 0.571. The maximum Gasteiger partial charge on any atom is 0.240 e. The van der Waals surface area contributed by atoms with Crippen molar-refractivity contribution in [2.75, 3.05) is 20.2 Å². The third kappa shape index (κ3) is 3.11. The Morgan fingerprint density at radius 1 is 1.53 bits per heavy atom.